The molecular formula is C25H36BrN3O3. The van der Waals surface area contributed by atoms with Crippen LogP contribution in [-0.4, -0.2) is 59.0 Å². The molecule has 0 saturated carbocycles. The molecule has 0 saturated heterocycles. The molecule has 0 fully saturated rings. The third-order valence-electron chi connectivity index (χ3n) is 5.37. The predicted molar refractivity (Wildman–Crippen MR) is 131 cm³/mol. The van der Waals surface area contributed by atoms with Crippen LogP contribution in [0.5, 0.6) is 0 Å². The summed E-state index contributed by atoms with van der Waals surface area (Å²) in [6, 6.07) is 12.4. The van der Waals surface area contributed by atoms with Crippen LogP contribution in [0.25, 0.3) is 0 Å². The average molecular weight is 506 g/mol. The molecule has 2 amide bonds. The van der Waals surface area contributed by atoms with Gasteiger partial charge < -0.3 is 19.1 Å². The summed E-state index contributed by atoms with van der Waals surface area (Å²) >= 11 is 3.48. The van der Waals surface area contributed by atoms with Gasteiger partial charge in [0.05, 0.1) is 13.1 Å². The number of benzene rings is 1. The van der Waals surface area contributed by atoms with E-state index in [-0.39, 0.29) is 18.4 Å². The maximum Gasteiger partial charge on any atom is 0.242 e. The fourth-order valence-electron chi connectivity index (χ4n) is 3.48. The van der Waals surface area contributed by atoms with Crippen LogP contribution in [0.3, 0.4) is 0 Å². The van der Waals surface area contributed by atoms with Crippen molar-refractivity contribution in [3.05, 3.63) is 58.3 Å². The second kappa shape index (κ2) is 14.1. The Bertz CT molecular complexity index is 835. The molecule has 7 heteroatoms. The summed E-state index contributed by atoms with van der Waals surface area (Å²) < 4.78 is 8.61. The molecular weight excluding hydrogens is 470 g/mol. The molecule has 32 heavy (non-hydrogen) atoms. The summed E-state index contributed by atoms with van der Waals surface area (Å²) in [6.45, 7) is 9.45. The number of nitrogens with zero attached hydrogens (tertiary/aromatic N) is 3. The van der Waals surface area contributed by atoms with Gasteiger partial charge in [-0.3, -0.25) is 9.59 Å². The highest BCUT2D eigenvalue weighted by Gasteiger charge is 2.20. The van der Waals surface area contributed by atoms with Crippen LogP contribution >= 0.6 is 15.9 Å². The summed E-state index contributed by atoms with van der Waals surface area (Å²) in [5, 5.41) is 0. The summed E-state index contributed by atoms with van der Waals surface area (Å²) in [5.41, 5.74) is 2.29. The van der Waals surface area contributed by atoms with Gasteiger partial charge in [-0.2, -0.15) is 0 Å². The number of hydrogen-bond acceptors (Lipinski definition) is 3. The molecule has 0 atom stereocenters. The SMILES string of the molecule is CCCCN(Cc1cccn1Cc1ccc(Br)cc1)C(=O)CN(CCCOCC)C(C)=O. The largest absolute Gasteiger partial charge is 0.382 e. The van der Waals surface area contributed by atoms with E-state index in [0.717, 1.165) is 36.0 Å². The lowest BCUT2D eigenvalue weighted by Gasteiger charge is -2.27. The average Bonchev–Trinajstić information content (AvgIpc) is 3.21. The van der Waals surface area contributed by atoms with E-state index >= 15 is 0 Å². The van der Waals surface area contributed by atoms with Crippen LogP contribution in [0.15, 0.2) is 47.1 Å². The zero-order valence-electron chi connectivity index (χ0n) is 19.6. The number of carbonyl (C=O) groups excluding carboxylic acids is 2. The number of halogens is 1. The fraction of sp³-hybridized carbons (Fsp3) is 0.520. The quantitative estimate of drug-likeness (QED) is 0.349. The predicted octanol–water partition coefficient (Wildman–Crippen LogP) is 4.70. The molecule has 0 aliphatic carbocycles. The van der Waals surface area contributed by atoms with E-state index in [9.17, 15) is 9.59 Å². The summed E-state index contributed by atoms with van der Waals surface area (Å²) in [4.78, 5) is 28.8. The number of aromatic nitrogens is 1. The normalized spacial score (nSPS) is 10.9. The number of ether oxygens (including phenoxy) is 1. The maximum atomic E-state index is 13.2. The van der Waals surface area contributed by atoms with E-state index in [1.165, 1.54) is 12.5 Å². The second-order valence-electron chi connectivity index (χ2n) is 7.91. The number of rotatable bonds is 14. The zero-order valence-corrected chi connectivity index (χ0v) is 21.1. The Morgan fingerprint density at radius 1 is 1.03 bits per heavy atom. The van der Waals surface area contributed by atoms with Crippen molar-refractivity contribution in [2.45, 2.75) is 53.1 Å². The van der Waals surface area contributed by atoms with Crippen molar-refractivity contribution in [2.24, 2.45) is 0 Å². The Kier molecular flexibility index (Phi) is 11.5. The van der Waals surface area contributed by atoms with Crippen LogP contribution in [0.4, 0.5) is 0 Å². The van der Waals surface area contributed by atoms with Crippen LogP contribution in [0, 0.1) is 0 Å². The third-order valence-corrected chi connectivity index (χ3v) is 5.90. The third kappa shape index (κ3) is 8.79. The molecule has 2 rings (SSSR count). The van der Waals surface area contributed by atoms with Crippen LogP contribution in [0.1, 0.15) is 51.3 Å². The zero-order chi connectivity index (χ0) is 23.3. The van der Waals surface area contributed by atoms with Gasteiger partial charge in [0.2, 0.25) is 11.8 Å². The topological polar surface area (TPSA) is 54.8 Å². The van der Waals surface area contributed by atoms with Crippen molar-refractivity contribution in [1.82, 2.24) is 14.4 Å². The standard InChI is InChI=1S/C25H36BrN3O3/c1-4-6-14-29(25(31)20-27(21(3)30)16-8-17-32-5-2)19-24-9-7-15-28(24)18-22-10-12-23(26)13-11-22/h7,9-13,15H,4-6,8,14,16-20H2,1-3H3. The van der Waals surface area contributed by atoms with E-state index in [0.29, 0.717) is 32.8 Å². The minimum Gasteiger partial charge on any atom is -0.382 e. The molecule has 0 bridgehead atoms. The molecule has 0 aliphatic rings. The van der Waals surface area contributed by atoms with Crippen molar-refractivity contribution in [2.75, 3.05) is 32.8 Å². The monoisotopic (exact) mass is 505 g/mol. The van der Waals surface area contributed by atoms with E-state index in [4.69, 9.17) is 4.74 Å². The molecule has 1 heterocycles. The molecule has 0 N–H and O–H groups in total. The Labute approximate surface area is 200 Å². The van der Waals surface area contributed by atoms with E-state index in [1.807, 2.05) is 30.0 Å². The van der Waals surface area contributed by atoms with Crippen molar-refractivity contribution in [1.29, 1.82) is 0 Å². The Morgan fingerprint density at radius 3 is 2.41 bits per heavy atom. The van der Waals surface area contributed by atoms with Gasteiger partial charge in [0.1, 0.15) is 0 Å². The number of unbranched alkanes of at least 4 members (excludes halogenated alkanes) is 1. The van der Waals surface area contributed by atoms with Gasteiger partial charge in [0.25, 0.3) is 0 Å². The molecule has 1 aromatic carbocycles. The van der Waals surface area contributed by atoms with Crippen LogP contribution in [-0.2, 0) is 27.4 Å². The highest BCUT2D eigenvalue weighted by Crippen LogP contribution is 2.15. The lowest BCUT2D eigenvalue weighted by Crippen LogP contribution is -2.43. The maximum absolute atomic E-state index is 13.2. The molecule has 176 valence electrons. The Hall–Kier alpha value is -2.12. The first kappa shape index (κ1) is 26.1. The minimum atomic E-state index is -0.0797. The smallest absolute Gasteiger partial charge is 0.242 e. The van der Waals surface area contributed by atoms with Gasteiger partial charge in [-0.05, 0) is 49.6 Å². The molecule has 1 aromatic heterocycles. The van der Waals surface area contributed by atoms with E-state index in [2.05, 4.69) is 51.8 Å². The van der Waals surface area contributed by atoms with Crippen molar-refractivity contribution < 1.29 is 14.3 Å². The molecule has 6 nitrogen and oxygen atoms in total. The van der Waals surface area contributed by atoms with Gasteiger partial charge in [-0.25, -0.2) is 0 Å². The van der Waals surface area contributed by atoms with Gasteiger partial charge in [0, 0.05) is 56.1 Å². The van der Waals surface area contributed by atoms with Crippen molar-refractivity contribution in [3.8, 4) is 0 Å². The van der Waals surface area contributed by atoms with Gasteiger partial charge in [-0.1, -0.05) is 41.4 Å². The van der Waals surface area contributed by atoms with Gasteiger partial charge in [-0.15, -0.1) is 0 Å². The van der Waals surface area contributed by atoms with Crippen molar-refractivity contribution >= 4 is 27.7 Å². The number of carbonyl (C=O) groups is 2. The van der Waals surface area contributed by atoms with E-state index in [1.54, 1.807) is 4.90 Å². The Morgan fingerprint density at radius 2 is 1.75 bits per heavy atom. The number of amides is 2. The molecule has 0 spiro atoms. The lowest BCUT2D eigenvalue weighted by molar-refractivity contribution is -0.140. The van der Waals surface area contributed by atoms with Crippen LogP contribution in [0.2, 0.25) is 0 Å². The van der Waals surface area contributed by atoms with Gasteiger partial charge >= 0.3 is 0 Å². The Balaban J connectivity index is 2.06. The highest BCUT2D eigenvalue weighted by molar-refractivity contribution is 9.10. The second-order valence-corrected chi connectivity index (χ2v) is 8.83. The molecule has 0 radical (unpaired) electrons. The highest BCUT2D eigenvalue weighted by atomic mass is 79.9. The first-order chi connectivity index (χ1) is 15.4. The molecule has 2 aromatic rings. The molecule has 0 aliphatic heterocycles. The molecule has 0 unspecified atom stereocenters. The summed E-state index contributed by atoms with van der Waals surface area (Å²) in [6.07, 6.45) is 4.72. The summed E-state index contributed by atoms with van der Waals surface area (Å²) in [7, 11) is 0. The summed E-state index contributed by atoms with van der Waals surface area (Å²) in [5.74, 6) is -0.0923. The first-order valence-electron chi connectivity index (χ1n) is 11.4. The van der Waals surface area contributed by atoms with Gasteiger partial charge in [0.15, 0.2) is 0 Å². The van der Waals surface area contributed by atoms with Crippen LogP contribution < -0.4 is 0 Å². The van der Waals surface area contributed by atoms with Crippen molar-refractivity contribution in [3.63, 3.8) is 0 Å². The number of hydrogen-bond donors (Lipinski definition) is 0. The van der Waals surface area contributed by atoms with E-state index < -0.39 is 0 Å². The minimum absolute atomic E-state index is 0.0125. The lowest BCUT2D eigenvalue weighted by atomic mass is 10.2. The fourth-order valence-corrected chi connectivity index (χ4v) is 3.75. The first-order valence-corrected chi connectivity index (χ1v) is 12.2.